The van der Waals surface area contributed by atoms with Crippen LogP contribution in [0.4, 0.5) is 0 Å². The molecule has 0 fully saturated rings. The lowest BCUT2D eigenvalue weighted by molar-refractivity contribution is 0.0646. The Balaban J connectivity index is 1.56. The second-order valence-electron chi connectivity index (χ2n) is 5.28. The molecule has 0 saturated carbocycles. The second kappa shape index (κ2) is 6.02. The molecule has 1 heterocycles. The molecule has 0 bridgehead atoms. The van der Waals surface area contributed by atoms with Gasteiger partial charge in [-0.3, -0.25) is 14.5 Å². The molecule has 1 aliphatic rings. The topological polar surface area (TPSA) is 46.6 Å². The summed E-state index contributed by atoms with van der Waals surface area (Å²) < 4.78 is 5.69. The van der Waals surface area contributed by atoms with Gasteiger partial charge in [-0.05, 0) is 37.1 Å². The van der Waals surface area contributed by atoms with E-state index in [9.17, 15) is 9.59 Å². The highest BCUT2D eigenvalue weighted by molar-refractivity contribution is 6.21. The van der Waals surface area contributed by atoms with E-state index in [2.05, 4.69) is 0 Å². The number of carbonyl (C=O) groups is 2. The number of para-hydroxylation sites is 1. The van der Waals surface area contributed by atoms with E-state index < -0.39 is 0 Å². The van der Waals surface area contributed by atoms with Crippen LogP contribution in [0, 0.1) is 6.92 Å². The number of amides is 2. The molecule has 4 nitrogen and oxygen atoms in total. The number of nitrogens with zero attached hydrogens (tertiary/aromatic N) is 1. The number of aryl methyl sites for hydroxylation is 1. The maximum Gasteiger partial charge on any atom is 0.261 e. The summed E-state index contributed by atoms with van der Waals surface area (Å²) in [5.74, 6) is 0.415. The number of hydrogen-bond acceptors (Lipinski definition) is 3. The summed E-state index contributed by atoms with van der Waals surface area (Å²) in [6.45, 7) is 2.83. The van der Waals surface area contributed by atoms with Gasteiger partial charge in [-0.1, -0.05) is 30.3 Å². The van der Waals surface area contributed by atoms with Gasteiger partial charge in [-0.25, -0.2) is 0 Å². The molecule has 112 valence electrons. The van der Waals surface area contributed by atoms with Crippen molar-refractivity contribution in [1.82, 2.24) is 4.90 Å². The van der Waals surface area contributed by atoms with Gasteiger partial charge in [0.2, 0.25) is 0 Å². The summed E-state index contributed by atoms with van der Waals surface area (Å²) in [5.41, 5.74) is 2.06. The van der Waals surface area contributed by atoms with Crippen molar-refractivity contribution in [2.45, 2.75) is 13.3 Å². The maximum absolute atomic E-state index is 12.2. The Morgan fingerprint density at radius 1 is 0.909 bits per heavy atom. The molecule has 4 heteroatoms. The standard InChI is InChI=1S/C18H17NO3/c1-13-7-2-5-10-16(13)22-12-6-11-19-17(20)14-8-3-4-9-15(14)18(19)21/h2-5,7-10H,6,11-12H2,1H3. The summed E-state index contributed by atoms with van der Waals surface area (Å²) in [6.07, 6.45) is 0.611. The fourth-order valence-corrected chi connectivity index (χ4v) is 2.57. The number of ether oxygens (including phenoxy) is 1. The van der Waals surface area contributed by atoms with Crippen molar-refractivity contribution in [2.75, 3.05) is 13.2 Å². The molecule has 0 aliphatic carbocycles. The van der Waals surface area contributed by atoms with Gasteiger partial charge in [0.05, 0.1) is 17.7 Å². The van der Waals surface area contributed by atoms with Gasteiger partial charge < -0.3 is 4.74 Å². The summed E-state index contributed by atoms with van der Waals surface area (Å²) >= 11 is 0. The Hall–Kier alpha value is -2.62. The number of hydrogen-bond donors (Lipinski definition) is 0. The van der Waals surface area contributed by atoms with Crippen LogP contribution in [0.15, 0.2) is 48.5 Å². The van der Waals surface area contributed by atoms with Crippen LogP contribution in [0.3, 0.4) is 0 Å². The Labute approximate surface area is 129 Å². The Kier molecular flexibility index (Phi) is 3.92. The van der Waals surface area contributed by atoms with Crippen LogP contribution in [-0.4, -0.2) is 29.9 Å². The molecule has 0 spiro atoms. The van der Waals surface area contributed by atoms with E-state index in [1.54, 1.807) is 24.3 Å². The zero-order valence-electron chi connectivity index (χ0n) is 12.4. The monoisotopic (exact) mass is 295 g/mol. The minimum Gasteiger partial charge on any atom is -0.493 e. The van der Waals surface area contributed by atoms with E-state index >= 15 is 0 Å². The molecule has 0 N–H and O–H groups in total. The van der Waals surface area contributed by atoms with Crippen LogP contribution in [0.5, 0.6) is 5.75 Å². The van der Waals surface area contributed by atoms with Gasteiger partial charge >= 0.3 is 0 Å². The fraction of sp³-hybridized carbons (Fsp3) is 0.222. The van der Waals surface area contributed by atoms with Gasteiger partial charge in [-0.15, -0.1) is 0 Å². The van der Waals surface area contributed by atoms with E-state index in [4.69, 9.17) is 4.74 Å². The highest BCUT2D eigenvalue weighted by Crippen LogP contribution is 2.22. The van der Waals surface area contributed by atoms with Gasteiger partial charge in [0.1, 0.15) is 5.75 Å². The molecule has 2 aromatic rings. The lowest BCUT2D eigenvalue weighted by atomic mass is 10.1. The minimum atomic E-state index is -0.212. The quantitative estimate of drug-likeness (QED) is 0.629. The Morgan fingerprint density at radius 3 is 2.14 bits per heavy atom. The molecular formula is C18H17NO3. The average Bonchev–Trinajstić information content (AvgIpc) is 2.78. The third kappa shape index (κ3) is 2.60. The van der Waals surface area contributed by atoms with Crippen LogP contribution >= 0.6 is 0 Å². The maximum atomic E-state index is 12.2. The van der Waals surface area contributed by atoms with Crippen LogP contribution < -0.4 is 4.74 Å². The van der Waals surface area contributed by atoms with E-state index in [0.29, 0.717) is 30.7 Å². The molecule has 0 unspecified atom stereocenters. The first-order valence-corrected chi connectivity index (χ1v) is 7.32. The van der Waals surface area contributed by atoms with Crippen LogP contribution in [0.2, 0.25) is 0 Å². The SMILES string of the molecule is Cc1ccccc1OCCCN1C(=O)c2ccccc2C1=O. The molecule has 22 heavy (non-hydrogen) atoms. The summed E-state index contributed by atoms with van der Waals surface area (Å²) in [5, 5.41) is 0. The van der Waals surface area contributed by atoms with E-state index in [1.807, 2.05) is 31.2 Å². The third-order valence-corrected chi connectivity index (χ3v) is 3.76. The fourth-order valence-electron chi connectivity index (χ4n) is 2.57. The first-order valence-electron chi connectivity index (χ1n) is 7.32. The van der Waals surface area contributed by atoms with Crippen molar-refractivity contribution in [3.05, 3.63) is 65.2 Å². The van der Waals surface area contributed by atoms with Crippen molar-refractivity contribution in [3.63, 3.8) is 0 Å². The number of imide groups is 1. The largest absolute Gasteiger partial charge is 0.493 e. The highest BCUT2D eigenvalue weighted by Gasteiger charge is 2.34. The smallest absolute Gasteiger partial charge is 0.261 e. The lowest BCUT2D eigenvalue weighted by Crippen LogP contribution is -2.31. The summed E-state index contributed by atoms with van der Waals surface area (Å²) in [6, 6.07) is 14.7. The van der Waals surface area contributed by atoms with Crippen molar-refractivity contribution in [1.29, 1.82) is 0 Å². The van der Waals surface area contributed by atoms with Gasteiger partial charge in [0.15, 0.2) is 0 Å². The molecule has 0 radical (unpaired) electrons. The first kappa shape index (κ1) is 14.3. The summed E-state index contributed by atoms with van der Waals surface area (Å²) in [7, 11) is 0. The normalized spacial score (nSPS) is 13.4. The molecule has 0 atom stereocenters. The zero-order valence-corrected chi connectivity index (χ0v) is 12.4. The molecule has 2 aromatic carbocycles. The van der Waals surface area contributed by atoms with Crippen LogP contribution in [0.25, 0.3) is 0 Å². The van der Waals surface area contributed by atoms with E-state index in [1.165, 1.54) is 4.90 Å². The third-order valence-electron chi connectivity index (χ3n) is 3.76. The van der Waals surface area contributed by atoms with Gasteiger partial charge in [0, 0.05) is 6.54 Å². The summed E-state index contributed by atoms with van der Waals surface area (Å²) in [4.78, 5) is 25.7. The van der Waals surface area contributed by atoms with Crippen molar-refractivity contribution in [3.8, 4) is 5.75 Å². The molecule has 2 amide bonds. The number of rotatable bonds is 5. The molecule has 3 rings (SSSR count). The molecular weight excluding hydrogens is 278 g/mol. The van der Waals surface area contributed by atoms with Crippen molar-refractivity contribution in [2.24, 2.45) is 0 Å². The highest BCUT2D eigenvalue weighted by atomic mass is 16.5. The van der Waals surface area contributed by atoms with Crippen molar-refractivity contribution < 1.29 is 14.3 Å². The Bertz CT molecular complexity index is 689. The minimum absolute atomic E-state index is 0.212. The number of carbonyl (C=O) groups excluding carboxylic acids is 2. The van der Waals surface area contributed by atoms with Crippen LogP contribution in [0.1, 0.15) is 32.7 Å². The van der Waals surface area contributed by atoms with Gasteiger partial charge in [-0.2, -0.15) is 0 Å². The molecule has 0 aromatic heterocycles. The molecule has 1 aliphatic heterocycles. The number of fused-ring (bicyclic) bond motifs is 1. The average molecular weight is 295 g/mol. The lowest BCUT2D eigenvalue weighted by Gasteiger charge is -2.14. The van der Waals surface area contributed by atoms with Crippen LogP contribution in [-0.2, 0) is 0 Å². The zero-order chi connectivity index (χ0) is 15.5. The van der Waals surface area contributed by atoms with Crippen molar-refractivity contribution >= 4 is 11.8 Å². The first-order chi connectivity index (χ1) is 10.7. The second-order valence-corrected chi connectivity index (χ2v) is 5.28. The predicted octanol–water partition coefficient (Wildman–Crippen LogP) is 3.06. The number of benzene rings is 2. The van der Waals surface area contributed by atoms with E-state index in [-0.39, 0.29) is 11.8 Å². The predicted molar refractivity (Wildman–Crippen MR) is 83.1 cm³/mol. The van der Waals surface area contributed by atoms with E-state index in [0.717, 1.165) is 11.3 Å². The molecule has 0 saturated heterocycles. The Morgan fingerprint density at radius 2 is 1.50 bits per heavy atom. The van der Waals surface area contributed by atoms with Gasteiger partial charge in [0.25, 0.3) is 11.8 Å².